The Morgan fingerprint density at radius 2 is 1.90 bits per heavy atom. The van der Waals surface area contributed by atoms with Gasteiger partial charge in [0.15, 0.2) is 5.13 Å². The van der Waals surface area contributed by atoms with Crippen molar-refractivity contribution >= 4 is 34.0 Å². The average Bonchev–Trinajstić information content (AvgIpc) is 3.34. The number of carbonyl (C=O) groups is 2. The number of thiazole rings is 1. The maximum absolute atomic E-state index is 12.8. The Kier molecular flexibility index (Phi) is 6.89. The summed E-state index contributed by atoms with van der Waals surface area (Å²) in [4.78, 5) is 33.3. The largest absolute Gasteiger partial charge is 0.469 e. The predicted octanol–water partition coefficient (Wildman–Crippen LogP) is 3.95. The van der Waals surface area contributed by atoms with Crippen LogP contribution in [-0.2, 0) is 17.8 Å². The van der Waals surface area contributed by atoms with Crippen LogP contribution >= 0.6 is 11.3 Å². The first-order valence-corrected chi connectivity index (χ1v) is 10.6. The van der Waals surface area contributed by atoms with Crippen molar-refractivity contribution in [1.29, 1.82) is 0 Å². The van der Waals surface area contributed by atoms with Crippen LogP contribution in [0.15, 0.2) is 46.4 Å². The number of hydrogen-bond acceptors (Lipinski definition) is 6. The van der Waals surface area contributed by atoms with Crippen molar-refractivity contribution in [2.24, 2.45) is 0 Å². The van der Waals surface area contributed by atoms with Crippen LogP contribution in [0.4, 0.5) is 10.8 Å². The first kappa shape index (κ1) is 21.6. The van der Waals surface area contributed by atoms with E-state index in [1.54, 1.807) is 23.3 Å². The first-order chi connectivity index (χ1) is 14.4. The van der Waals surface area contributed by atoms with Gasteiger partial charge in [0.25, 0.3) is 5.91 Å². The number of likely N-dealkylation sites (N-methyl/N-ethyl adjacent to an activating group) is 1. The summed E-state index contributed by atoms with van der Waals surface area (Å²) in [6.45, 7) is 4.86. The van der Waals surface area contributed by atoms with E-state index >= 15 is 0 Å². The van der Waals surface area contributed by atoms with Crippen LogP contribution in [0.25, 0.3) is 0 Å². The Morgan fingerprint density at radius 1 is 1.17 bits per heavy atom. The maximum atomic E-state index is 12.8. The Morgan fingerprint density at radius 3 is 2.50 bits per heavy atom. The van der Waals surface area contributed by atoms with Crippen LogP contribution < -0.4 is 10.2 Å². The zero-order valence-corrected chi connectivity index (χ0v) is 18.5. The molecule has 0 aliphatic rings. The van der Waals surface area contributed by atoms with Crippen molar-refractivity contribution < 1.29 is 14.0 Å². The molecule has 1 aromatic carbocycles. The van der Waals surface area contributed by atoms with Gasteiger partial charge in [0.05, 0.1) is 23.9 Å². The summed E-state index contributed by atoms with van der Waals surface area (Å²) in [5.41, 5.74) is 3.32. The number of carbonyl (C=O) groups excluding carboxylic acids is 2. The summed E-state index contributed by atoms with van der Waals surface area (Å²) in [5.74, 6) is 0.282. The summed E-state index contributed by atoms with van der Waals surface area (Å²) in [6, 6.07) is 9.79. The van der Waals surface area contributed by atoms with Gasteiger partial charge in [-0.3, -0.25) is 14.9 Å². The van der Waals surface area contributed by atoms with Gasteiger partial charge < -0.3 is 14.2 Å². The molecular formula is C22H26N4O3S. The second kappa shape index (κ2) is 9.58. The molecule has 158 valence electrons. The molecule has 0 saturated heterocycles. The van der Waals surface area contributed by atoms with Crippen LogP contribution in [0.5, 0.6) is 0 Å². The number of nitrogens with zero attached hydrogens (tertiary/aromatic N) is 3. The molecule has 0 aliphatic heterocycles. The van der Waals surface area contributed by atoms with E-state index < -0.39 is 0 Å². The van der Waals surface area contributed by atoms with E-state index in [-0.39, 0.29) is 18.2 Å². The van der Waals surface area contributed by atoms with Gasteiger partial charge in [-0.2, -0.15) is 0 Å². The van der Waals surface area contributed by atoms with E-state index in [1.807, 2.05) is 50.2 Å². The van der Waals surface area contributed by atoms with Crippen molar-refractivity contribution in [1.82, 2.24) is 9.88 Å². The van der Waals surface area contributed by atoms with Crippen molar-refractivity contribution in [2.75, 3.05) is 30.9 Å². The Balaban J connectivity index is 1.59. The zero-order chi connectivity index (χ0) is 21.7. The summed E-state index contributed by atoms with van der Waals surface area (Å²) in [5, 5.41) is 5.02. The molecule has 8 heteroatoms. The molecule has 0 bridgehead atoms. The van der Waals surface area contributed by atoms with E-state index in [0.29, 0.717) is 35.2 Å². The summed E-state index contributed by atoms with van der Waals surface area (Å²) >= 11 is 1.30. The smallest absolute Gasteiger partial charge is 0.260 e. The lowest BCUT2D eigenvalue weighted by atomic mass is 10.1. The van der Waals surface area contributed by atoms with E-state index in [0.717, 1.165) is 11.3 Å². The molecule has 0 radical (unpaired) electrons. The normalized spacial score (nSPS) is 10.7. The fourth-order valence-corrected chi connectivity index (χ4v) is 3.70. The highest BCUT2D eigenvalue weighted by Crippen LogP contribution is 2.19. The third kappa shape index (κ3) is 5.27. The molecule has 0 spiro atoms. The average molecular weight is 427 g/mol. The highest BCUT2D eigenvalue weighted by atomic mass is 32.1. The number of nitrogens with one attached hydrogen (secondary N) is 1. The standard InChI is InChI=1S/C22H26N4O3S/c1-5-26(13-16-6-8-18(9-7-16)25(3)4)20(27)12-17-14-30-22(23-17)24-21(28)19-10-11-29-15(19)2/h6-11,14H,5,12-13H2,1-4H3,(H,23,24,28). The summed E-state index contributed by atoms with van der Waals surface area (Å²) < 4.78 is 5.16. The number of benzene rings is 1. The third-order valence-corrected chi connectivity index (χ3v) is 5.58. The van der Waals surface area contributed by atoms with Crippen LogP contribution in [-0.4, -0.2) is 42.3 Å². The van der Waals surface area contributed by atoms with E-state index in [1.165, 1.54) is 17.6 Å². The van der Waals surface area contributed by atoms with Gasteiger partial charge in [0, 0.05) is 38.3 Å². The van der Waals surface area contributed by atoms with Crippen LogP contribution in [0.2, 0.25) is 0 Å². The lowest BCUT2D eigenvalue weighted by molar-refractivity contribution is -0.130. The highest BCUT2D eigenvalue weighted by molar-refractivity contribution is 7.14. The molecule has 0 unspecified atom stereocenters. The fraction of sp³-hybridized carbons (Fsp3) is 0.318. The quantitative estimate of drug-likeness (QED) is 0.590. The van der Waals surface area contributed by atoms with E-state index in [9.17, 15) is 9.59 Å². The number of aromatic nitrogens is 1. The monoisotopic (exact) mass is 426 g/mol. The van der Waals surface area contributed by atoms with Crippen molar-refractivity contribution in [2.45, 2.75) is 26.8 Å². The maximum Gasteiger partial charge on any atom is 0.260 e. The van der Waals surface area contributed by atoms with Gasteiger partial charge in [-0.15, -0.1) is 11.3 Å². The minimum atomic E-state index is -0.273. The molecule has 7 nitrogen and oxygen atoms in total. The zero-order valence-electron chi connectivity index (χ0n) is 17.6. The lowest BCUT2D eigenvalue weighted by Crippen LogP contribution is -2.31. The molecule has 0 atom stereocenters. The SMILES string of the molecule is CCN(Cc1ccc(N(C)C)cc1)C(=O)Cc1csc(NC(=O)c2ccoc2C)n1. The molecule has 2 amide bonds. The molecule has 2 aromatic heterocycles. The molecule has 3 rings (SSSR count). The minimum Gasteiger partial charge on any atom is -0.469 e. The van der Waals surface area contributed by atoms with Gasteiger partial charge in [-0.25, -0.2) is 4.98 Å². The van der Waals surface area contributed by atoms with Crippen molar-refractivity contribution in [3.8, 4) is 0 Å². The topological polar surface area (TPSA) is 78.7 Å². The van der Waals surface area contributed by atoms with Crippen LogP contribution in [0.1, 0.15) is 34.3 Å². The minimum absolute atomic E-state index is 0.00282. The number of furan rings is 1. The number of anilines is 2. The Hall–Kier alpha value is -3.13. The molecule has 3 aromatic rings. The van der Waals surface area contributed by atoms with Gasteiger partial charge in [-0.05, 0) is 37.6 Å². The number of hydrogen-bond donors (Lipinski definition) is 1. The Labute approximate surface area is 180 Å². The Bertz CT molecular complexity index is 1010. The van der Waals surface area contributed by atoms with Gasteiger partial charge in [0.2, 0.25) is 5.91 Å². The summed E-state index contributed by atoms with van der Waals surface area (Å²) in [6.07, 6.45) is 1.67. The number of rotatable bonds is 8. The second-order valence-electron chi connectivity index (χ2n) is 7.13. The molecule has 1 N–H and O–H groups in total. The van der Waals surface area contributed by atoms with Crippen molar-refractivity contribution in [3.05, 3.63) is 64.6 Å². The van der Waals surface area contributed by atoms with Crippen LogP contribution in [0.3, 0.4) is 0 Å². The van der Waals surface area contributed by atoms with Crippen LogP contribution in [0, 0.1) is 6.92 Å². The predicted molar refractivity (Wildman–Crippen MR) is 119 cm³/mol. The lowest BCUT2D eigenvalue weighted by Gasteiger charge is -2.21. The number of aryl methyl sites for hydroxylation is 1. The van der Waals surface area contributed by atoms with Crippen molar-refractivity contribution in [3.63, 3.8) is 0 Å². The molecular weight excluding hydrogens is 400 g/mol. The molecule has 2 heterocycles. The van der Waals surface area contributed by atoms with Gasteiger partial charge in [0.1, 0.15) is 5.76 Å². The second-order valence-corrected chi connectivity index (χ2v) is 7.99. The van der Waals surface area contributed by atoms with E-state index in [4.69, 9.17) is 4.42 Å². The molecule has 0 aliphatic carbocycles. The summed E-state index contributed by atoms with van der Waals surface area (Å²) in [7, 11) is 4.00. The van der Waals surface area contributed by atoms with E-state index in [2.05, 4.69) is 10.3 Å². The molecule has 0 saturated carbocycles. The highest BCUT2D eigenvalue weighted by Gasteiger charge is 2.17. The number of amides is 2. The first-order valence-electron chi connectivity index (χ1n) is 9.71. The molecule has 0 fully saturated rings. The van der Waals surface area contributed by atoms with Gasteiger partial charge >= 0.3 is 0 Å². The molecule has 30 heavy (non-hydrogen) atoms. The van der Waals surface area contributed by atoms with Gasteiger partial charge in [-0.1, -0.05) is 12.1 Å². The fourth-order valence-electron chi connectivity index (χ4n) is 2.99. The third-order valence-electron chi connectivity index (χ3n) is 4.77.